The lowest BCUT2D eigenvalue weighted by Crippen LogP contribution is -2.11. The number of hydrogen-bond donors (Lipinski definition) is 3. The van der Waals surface area contributed by atoms with Crippen molar-refractivity contribution in [3.63, 3.8) is 0 Å². The van der Waals surface area contributed by atoms with E-state index in [0.717, 1.165) is 11.0 Å². The molecule has 2 aromatic heterocycles. The summed E-state index contributed by atoms with van der Waals surface area (Å²) >= 11 is 0. The molecule has 4 aromatic rings. The lowest BCUT2D eigenvalue weighted by molar-refractivity contribution is 0.102. The number of H-pyrrole nitrogens is 2. The number of hydrogen-bond acceptors (Lipinski definition) is 4. The topological polar surface area (TPSA) is 95.7 Å². The Labute approximate surface area is 143 Å². The molecule has 2 heterocycles. The van der Waals surface area contributed by atoms with Crippen molar-refractivity contribution in [2.45, 2.75) is 0 Å². The Morgan fingerprint density at radius 3 is 2.68 bits per heavy atom. The van der Waals surface area contributed by atoms with Gasteiger partial charge in [0.05, 0.1) is 18.1 Å². The normalized spacial score (nSPS) is 10.8. The van der Waals surface area contributed by atoms with Crippen LogP contribution in [0.15, 0.2) is 54.6 Å². The summed E-state index contributed by atoms with van der Waals surface area (Å²) in [5.41, 5.74) is 3.03. The number of aromatic amines is 2. The molecule has 0 aliphatic carbocycles. The highest BCUT2D eigenvalue weighted by molar-refractivity contribution is 6.04. The van der Waals surface area contributed by atoms with Crippen molar-refractivity contribution in [3.05, 3.63) is 60.2 Å². The number of carbonyl (C=O) groups excluding carboxylic acids is 1. The predicted octanol–water partition coefficient (Wildman–Crippen LogP) is 3.21. The van der Waals surface area contributed by atoms with Crippen LogP contribution >= 0.6 is 0 Å². The van der Waals surface area contributed by atoms with Crippen LogP contribution in [0, 0.1) is 0 Å². The average Bonchev–Trinajstić information content (AvgIpc) is 3.28. The lowest BCUT2D eigenvalue weighted by Gasteiger charge is -2.03. The van der Waals surface area contributed by atoms with E-state index in [0.29, 0.717) is 28.6 Å². The first-order valence-corrected chi connectivity index (χ1v) is 7.69. The number of anilines is 1. The van der Waals surface area contributed by atoms with Gasteiger partial charge < -0.3 is 15.0 Å². The minimum absolute atomic E-state index is 0.245. The van der Waals surface area contributed by atoms with Crippen LogP contribution < -0.4 is 10.1 Å². The Morgan fingerprint density at radius 1 is 1.12 bits per heavy atom. The molecule has 0 fully saturated rings. The van der Waals surface area contributed by atoms with Crippen molar-refractivity contribution in [1.82, 2.24) is 20.2 Å². The van der Waals surface area contributed by atoms with Gasteiger partial charge in [-0.15, -0.1) is 0 Å². The molecule has 0 bridgehead atoms. The van der Waals surface area contributed by atoms with Crippen molar-refractivity contribution in [1.29, 1.82) is 0 Å². The molecule has 0 spiro atoms. The minimum Gasteiger partial charge on any atom is -0.497 e. The van der Waals surface area contributed by atoms with E-state index in [1.807, 2.05) is 24.3 Å². The molecule has 0 radical (unpaired) electrons. The molecule has 4 rings (SSSR count). The molecule has 0 aliphatic rings. The monoisotopic (exact) mass is 333 g/mol. The van der Waals surface area contributed by atoms with Crippen molar-refractivity contribution in [2.24, 2.45) is 0 Å². The molecule has 124 valence electrons. The smallest absolute Gasteiger partial charge is 0.256 e. The maximum absolute atomic E-state index is 12.3. The number of nitrogens with one attached hydrogen (secondary N) is 3. The third-order valence-corrected chi connectivity index (χ3v) is 3.82. The molecule has 25 heavy (non-hydrogen) atoms. The number of ether oxygens (including phenoxy) is 1. The van der Waals surface area contributed by atoms with Gasteiger partial charge in [0.1, 0.15) is 11.4 Å². The maximum atomic E-state index is 12.3. The van der Waals surface area contributed by atoms with E-state index < -0.39 is 0 Å². The molecular formula is C18H15N5O2. The second kappa shape index (κ2) is 6.12. The van der Waals surface area contributed by atoms with Crippen LogP contribution in [0.25, 0.3) is 22.6 Å². The molecule has 1 amide bonds. The van der Waals surface area contributed by atoms with Crippen molar-refractivity contribution >= 4 is 22.8 Å². The van der Waals surface area contributed by atoms with E-state index in [2.05, 4.69) is 25.5 Å². The van der Waals surface area contributed by atoms with Crippen LogP contribution in [0.4, 0.5) is 5.82 Å². The SMILES string of the molecule is COc1ccc(C(=O)Nc2cc(-c3nc4ccccc4[nH]3)[nH]n2)cc1. The van der Waals surface area contributed by atoms with Gasteiger partial charge in [-0.25, -0.2) is 4.98 Å². The summed E-state index contributed by atoms with van der Waals surface area (Å²) in [4.78, 5) is 20.0. The van der Waals surface area contributed by atoms with Crippen LogP contribution in [0.2, 0.25) is 0 Å². The van der Waals surface area contributed by atoms with Crippen LogP contribution in [0.5, 0.6) is 5.75 Å². The second-order valence-electron chi connectivity index (χ2n) is 5.45. The Balaban J connectivity index is 1.53. The molecule has 0 aliphatic heterocycles. The number of rotatable bonds is 4. The number of aromatic nitrogens is 4. The number of nitrogens with zero attached hydrogens (tertiary/aromatic N) is 2. The number of benzene rings is 2. The van der Waals surface area contributed by atoms with Gasteiger partial charge >= 0.3 is 0 Å². The molecule has 3 N–H and O–H groups in total. The van der Waals surface area contributed by atoms with E-state index in [1.165, 1.54) is 0 Å². The number of para-hydroxylation sites is 2. The maximum Gasteiger partial charge on any atom is 0.256 e. The van der Waals surface area contributed by atoms with E-state index in [1.54, 1.807) is 37.4 Å². The molecule has 0 saturated carbocycles. The van der Waals surface area contributed by atoms with E-state index in [-0.39, 0.29) is 5.91 Å². The summed E-state index contributed by atoms with van der Waals surface area (Å²) in [6, 6.07) is 16.4. The largest absolute Gasteiger partial charge is 0.497 e. The van der Waals surface area contributed by atoms with Gasteiger partial charge in [0, 0.05) is 11.6 Å². The van der Waals surface area contributed by atoms with Crippen LogP contribution in [0.3, 0.4) is 0 Å². The summed E-state index contributed by atoms with van der Waals surface area (Å²) in [5, 5.41) is 9.76. The molecule has 0 unspecified atom stereocenters. The van der Waals surface area contributed by atoms with Gasteiger partial charge in [0.2, 0.25) is 0 Å². The first kappa shape index (κ1) is 14.9. The van der Waals surface area contributed by atoms with Crippen LogP contribution in [-0.4, -0.2) is 33.2 Å². The summed E-state index contributed by atoms with van der Waals surface area (Å²) in [7, 11) is 1.58. The second-order valence-corrected chi connectivity index (χ2v) is 5.45. The van der Waals surface area contributed by atoms with Crippen molar-refractivity contribution < 1.29 is 9.53 Å². The Morgan fingerprint density at radius 2 is 1.92 bits per heavy atom. The quantitative estimate of drug-likeness (QED) is 0.534. The fourth-order valence-electron chi connectivity index (χ4n) is 2.52. The highest BCUT2D eigenvalue weighted by atomic mass is 16.5. The summed E-state index contributed by atoms with van der Waals surface area (Å²) in [5.74, 6) is 1.55. The predicted molar refractivity (Wildman–Crippen MR) is 94.6 cm³/mol. The Bertz CT molecular complexity index is 1000. The summed E-state index contributed by atoms with van der Waals surface area (Å²) < 4.78 is 5.08. The zero-order chi connectivity index (χ0) is 17.2. The summed E-state index contributed by atoms with van der Waals surface area (Å²) in [6.45, 7) is 0. The van der Waals surface area contributed by atoms with Crippen molar-refractivity contribution in [3.8, 4) is 17.3 Å². The first-order valence-electron chi connectivity index (χ1n) is 7.69. The van der Waals surface area contributed by atoms with E-state index in [9.17, 15) is 4.79 Å². The van der Waals surface area contributed by atoms with Gasteiger partial charge in [-0.05, 0) is 36.4 Å². The molecule has 0 atom stereocenters. The lowest BCUT2D eigenvalue weighted by atomic mass is 10.2. The summed E-state index contributed by atoms with van der Waals surface area (Å²) in [6.07, 6.45) is 0. The van der Waals surface area contributed by atoms with Gasteiger partial charge in [-0.1, -0.05) is 12.1 Å². The van der Waals surface area contributed by atoms with Crippen LogP contribution in [-0.2, 0) is 0 Å². The number of methoxy groups -OCH3 is 1. The third kappa shape index (κ3) is 2.94. The Kier molecular flexibility index (Phi) is 3.66. The van der Waals surface area contributed by atoms with Gasteiger partial charge in [-0.2, -0.15) is 5.10 Å². The fraction of sp³-hybridized carbons (Fsp3) is 0.0556. The van der Waals surface area contributed by atoms with E-state index >= 15 is 0 Å². The van der Waals surface area contributed by atoms with Gasteiger partial charge in [-0.3, -0.25) is 9.89 Å². The Hall–Kier alpha value is -3.61. The highest BCUT2D eigenvalue weighted by Crippen LogP contribution is 2.21. The standard InChI is InChI=1S/C18H15N5O2/c1-25-12-8-6-11(7-9-12)18(24)21-16-10-15(22-23-16)17-19-13-4-2-3-5-14(13)20-17/h2-10H,1H3,(H,19,20)(H2,21,22,23,24). The third-order valence-electron chi connectivity index (χ3n) is 3.82. The average molecular weight is 333 g/mol. The fourth-order valence-corrected chi connectivity index (χ4v) is 2.52. The number of amides is 1. The van der Waals surface area contributed by atoms with Crippen molar-refractivity contribution in [2.75, 3.05) is 12.4 Å². The number of fused-ring (bicyclic) bond motifs is 1. The molecular weight excluding hydrogens is 318 g/mol. The molecule has 2 aromatic carbocycles. The zero-order valence-corrected chi connectivity index (χ0v) is 13.4. The van der Waals surface area contributed by atoms with Gasteiger partial charge in [0.25, 0.3) is 5.91 Å². The minimum atomic E-state index is -0.245. The molecule has 7 heteroatoms. The van der Waals surface area contributed by atoms with Crippen LogP contribution in [0.1, 0.15) is 10.4 Å². The van der Waals surface area contributed by atoms with E-state index in [4.69, 9.17) is 4.74 Å². The highest BCUT2D eigenvalue weighted by Gasteiger charge is 2.11. The van der Waals surface area contributed by atoms with Gasteiger partial charge in [0.15, 0.2) is 11.6 Å². The molecule has 0 saturated heterocycles. The number of imidazole rings is 1. The first-order chi connectivity index (χ1) is 12.2. The zero-order valence-electron chi connectivity index (χ0n) is 13.4. The number of carbonyl (C=O) groups is 1. The molecule has 7 nitrogen and oxygen atoms in total.